The maximum atomic E-state index is 12.4. The van der Waals surface area contributed by atoms with E-state index in [2.05, 4.69) is 20.8 Å². The summed E-state index contributed by atoms with van der Waals surface area (Å²) >= 11 is 0. The monoisotopic (exact) mass is 361 g/mol. The van der Waals surface area contributed by atoms with Gasteiger partial charge < -0.3 is 4.98 Å². The van der Waals surface area contributed by atoms with E-state index in [0.29, 0.717) is 22.5 Å². The minimum Gasteiger partial charge on any atom is -0.317 e. The average molecular weight is 361 g/mol. The number of hydroxylamine groups is 2. The van der Waals surface area contributed by atoms with Crippen LogP contribution in [0.15, 0.2) is 29.1 Å². The van der Waals surface area contributed by atoms with Crippen molar-refractivity contribution in [2.75, 3.05) is 12.0 Å². The molecule has 4 N–H and O–H groups in total. The number of aromatic nitrogens is 2. The molecule has 0 aliphatic rings. The van der Waals surface area contributed by atoms with Crippen molar-refractivity contribution in [1.82, 2.24) is 20.5 Å². The summed E-state index contributed by atoms with van der Waals surface area (Å²) in [6.07, 6.45) is 3.47. The number of H-pyrrole nitrogens is 1. The summed E-state index contributed by atoms with van der Waals surface area (Å²) < 4.78 is 0. The molecule has 1 aromatic heterocycles. The molecule has 2 amide bonds. The molecule has 26 heavy (non-hydrogen) atoms. The van der Waals surface area contributed by atoms with Crippen molar-refractivity contribution >= 4 is 29.2 Å². The van der Waals surface area contributed by atoms with Gasteiger partial charge in [0, 0.05) is 0 Å². The number of nitrogens with one attached hydrogen (secondary N) is 3. The molecule has 9 nitrogen and oxygen atoms in total. The standard InChI is InChI=1S/C17H23N5O4/c1-2-3-4-7-12(10-22(26)11-23)16(24)21-20-15-17(25)19-14-9-6-5-8-13(14)18-15/h5-6,8-9,11-12,26H,2-4,7,10H2,1H3,(H,18,20)(H,19,25)(H,21,24). The van der Waals surface area contributed by atoms with Gasteiger partial charge in [-0.1, -0.05) is 38.3 Å². The molecule has 1 atom stereocenters. The van der Waals surface area contributed by atoms with Crippen LogP contribution in [0.3, 0.4) is 0 Å². The van der Waals surface area contributed by atoms with E-state index in [0.717, 1.165) is 19.3 Å². The number of carbonyl (C=O) groups excluding carboxylic acids is 2. The molecule has 0 bridgehead atoms. The number of hydrazine groups is 1. The van der Waals surface area contributed by atoms with E-state index >= 15 is 0 Å². The maximum absolute atomic E-state index is 12.4. The van der Waals surface area contributed by atoms with Gasteiger partial charge in [0.2, 0.25) is 18.1 Å². The van der Waals surface area contributed by atoms with E-state index in [1.54, 1.807) is 24.3 Å². The van der Waals surface area contributed by atoms with Crippen molar-refractivity contribution in [3.63, 3.8) is 0 Å². The van der Waals surface area contributed by atoms with Crippen molar-refractivity contribution < 1.29 is 14.8 Å². The first kappa shape index (κ1) is 19.4. The summed E-state index contributed by atoms with van der Waals surface area (Å²) in [6.45, 7) is 1.92. The molecule has 0 fully saturated rings. The quantitative estimate of drug-likeness (QED) is 0.219. The average Bonchev–Trinajstić information content (AvgIpc) is 2.65. The van der Waals surface area contributed by atoms with E-state index in [9.17, 15) is 19.6 Å². The van der Waals surface area contributed by atoms with Gasteiger partial charge in [0.15, 0.2) is 0 Å². The molecule has 140 valence electrons. The van der Waals surface area contributed by atoms with Crippen molar-refractivity contribution in [3.05, 3.63) is 34.6 Å². The van der Waals surface area contributed by atoms with Crippen LogP contribution < -0.4 is 16.4 Å². The summed E-state index contributed by atoms with van der Waals surface area (Å²) in [7, 11) is 0. The van der Waals surface area contributed by atoms with Crippen LogP contribution in [0.5, 0.6) is 0 Å². The number of unbranched alkanes of at least 4 members (excludes halogenated alkanes) is 2. The predicted octanol–water partition coefficient (Wildman–Crippen LogP) is 1.41. The Labute approximate surface area is 150 Å². The number of para-hydroxylation sites is 2. The molecule has 0 spiro atoms. The highest BCUT2D eigenvalue weighted by Crippen LogP contribution is 2.12. The molecular formula is C17H23N5O4. The lowest BCUT2D eigenvalue weighted by atomic mass is 10.0. The van der Waals surface area contributed by atoms with Crippen LogP contribution in [0.4, 0.5) is 5.82 Å². The Morgan fingerprint density at radius 2 is 2.15 bits per heavy atom. The smallest absolute Gasteiger partial charge is 0.292 e. The van der Waals surface area contributed by atoms with Crippen LogP contribution in [0.1, 0.15) is 32.6 Å². The number of carbonyl (C=O) groups is 2. The number of benzene rings is 1. The van der Waals surface area contributed by atoms with E-state index in [4.69, 9.17) is 0 Å². The number of fused-ring (bicyclic) bond motifs is 1. The van der Waals surface area contributed by atoms with Gasteiger partial charge in [-0.25, -0.2) is 10.0 Å². The highest BCUT2D eigenvalue weighted by molar-refractivity contribution is 5.80. The van der Waals surface area contributed by atoms with Gasteiger partial charge in [0.1, 0.15) is 0 Å². The van der Waals surface area contributed by atoms with Crippen LogP contribution in [-0.4, -0.2) is 39.1 Å². The number of amides is 2. The molecule has 0 saturated carbocycles. The fraction of sp³-hybridized carbons (Fsp3) is 0.412. The largest absolute Gasteiger partial charge is 0.317 e. The number of anilines is 1. The lowest BCUT2D eigenvalue weighted by molar-refractivity contribution is -0.154. The summed E-state index contributed by atoms with van der Waals surface area (Å²) in [5, 5.41) is 9.82. The fourth-order valence-corrected chi connectivity index (χ4v) is 2.55. The molecule has 2 rings (SSSR count). The van der Waals surface area contributed by atoms with Crippen LogP contribution in [-0.2, 0) is 9.59 Å². The summed E-state index contributed by atoms with van der Waals surface area (Å²) in [5.41, 5.74) is 5.66. The molecule has 1 heterocycles. The third-order valence-electron chi connectivity index (χ3n) is 3.96. The Morgan fingerprint density at radius 1 is 1.38 bits per heavy atom. The van der Waals surface area contributed by atoms with Crippen molar-refractivity contribution in [2.45, 2.75) is 32.6 Å². The maximum Gasteiger partial charge on any atom is 0.292 e. The van der Waals surface area contributed by atoms with Gasteiger partial charge in [-0.15, -0.1) is 0 Å². The van der Waals surface area contributed by atoms with Gasteiger partial charge in [0.25, 0.3) is 5.56 Å². The van der Waals surface area contributed by atoms with E-state index < -0.39 is 17.4 Å². The first-order valence-corrected chi connectivity index (χ1v) is 8.51. The van der Waals surface area contributed by atoms with E-state index in [1.165, 1.54) is 0 Å². The van der Waals surface area contributed by atoms with Crippen LogP contribution in [0.25, 0.3) is 11.0 Å². The van der Waals surface area contributed by atoms with E-state index in [-0.39, 0.29) is 18.8 Å². The number of hydrogen-bond acceptors (Lipinski definition) is 6. The number of rotatable bonds is 10. The lowest BCUT2D eigenvalue weighted by Crippen LogP contribution is -2.41. The zero-order chi connectivity index (χ0) is 18.9. The molecule has 1 unspecified atom stereocenters. The Hall–Kier alpha value is -2.94. The van der Waals surface area contributed by atoms with Crippen LogP contribution in [0.2, 0.25) is 0 Å². The van der Waals surface area contributed by atoms with Gasteiger partial charge in [-0.05, 0) is 18.6 Å². The van der Waals surface area contributed by atoms with Crippen LogP contribution in [0, 0.1) is 5.92 Å². The second kappa shape index (κ2) is 9.52. The van der Waals surface area contributed by atoms with Crippen molar-refractivity contribution in [1.29, 1.82) is 0 Å². The van der Waals surface area contributed by atoms with Gasteiger partial charge in [-0.2, -0.15) is 0 Å². The molecule has 0 radical (unpaired) electrons. The zero-order valence-corrected chi connectivity index (χ0v) is 14.6. The summed E-state index contributed by atoms with van der Waals surface area (Å²) in [6, 6.07) is 7.03. The third kappa shape index (κ3) is 5.28. The van der Waals surface area contributed by atoms with Gasteiger partial charge in [0.05, 0.1) is 23.5 Å². The topological polar surface area (TPSA) is 127 Å². The highest BCUT2D eigenvalue weighted by Gasteiger charge is 2.21. The number of hydrogen-bond donors (Lipinski definition) is 4. The Kier molecular flexibility index (Phi) is 7.10. The van der Waals surface area contributed by atoms with Gasteiger partial charge in [-0.3, -0.25) is 30.4 Å². The van der Waals surface area contributed by atoms with Crippen molar-refractivity contribution in [2.24, 2.45) is 5.92 Å². The summed E-state index contributed by atoms with van der Waals surface area (Å²) in [4.78, 5) is 41.8. The van der Waals surface area contributed by atoms with Gasteiger partial charge >= 0.3 is 0 Å². The molecule has 2 aromatic rings. The van der Waals surface area contributed by atoms with Crippen molar-refractivity contribution in [3.8, 4) is 0 Å². The minimum absolute atomic E-state index is 0.0411. The predicted molar refractivity (Wildman–Crippen MR) is 96.3 cm³/mol. The second-order valence-corrected chi connectivity index (χ2v) is 5.97. The van der Waals surface area contributed by atoms with E-state index in [1.807, 2.05) is 6.92 Å². The SMILES string of the molecule is CCCCCC(CN(O)C=O)C(=O)NNc1nc2ccccc2[nH]c1=O. The Morgan fingerprint density at radius 3 is 2.88 bits per heavy atom. The lowest BCUT2D eigenvalue weighted by Gasteiger charge is -2.19. The molecule has 0 saturated heterocycles. The number of aromatic amines is 1. The highest BCUT2D eigenvalue weighted by atomic mass is 16.5. The van der Waals surface area contributed by atoms with Crippen LogP contribution >= 0.6 is 0 Å². The molecule has 1 aromatic carbocycles. The third-order valence-corrected chi connectivity index (χ3v) is 3.96. The molecule has 0 aliphatic carbocycles. The zero-order valence-electron chi connectivity index (χ0n) is 14.6. The normalized spacial score (nSPS) is 11.8. The molecule has 0 aliphatic heterocycles. The molecular weight excluding hydrogens is 338 g/mol. The summed E-state index contributed by atoms with van der Waals surface area (Å²) in [5.74, 6) is -1.08. The Balaban J connectivity index is 2.04. The first-order chi connectivity index (χ1) is 12.5. The number of nitrogens with zero attached hydrogens (tertiary/aromatic N) is 2. The second-order valence-electron chi connectivity index (χ2n) is 5.97. The fourth-order valence-electron chi connectivity index (χ4n) is 2.55. The first-order valence-electron chi connectivity index (χ1n) is 8.51. The Bertz CT molecular complexity index is 807. The minimum atomic E-state index is -0.608. The molecule has 9 heteroatoms.